The van der Waals surface area contributed by atoms with Crippen molar-refractivity contribution >= 4 is 45.1 Å². The van der Waals surface area contributed by atoms with E-state index in [1.807, 2.05) is 24.3 Å². The third-order valence-electron chi connectivity index (χ3n) is 2.81. The molecule has 0 saturated carbocycles. The van der Waals surface area contributed by atoms with E-state index in [0.717, 1.165) is 15.4 Å². The summed E-state index contributed by atoms with van der Waals surface area (Å²) < 4.78 is 14.9. The highest BCUT2D eigenvalue weighted by Crippen LogP contribution is 2.35. The van der Waals surface area contributed by atoms with Gasteiger partial charge in [0.15, 0.2) is 0 Å². The highest BCUT2D eigenvalue weighted by molar-refractivity contribution is 9.10. The van der Waals surface area contributed by atoms with E-state index in [-0.39, 0.29) is 5.56 Å². The fraction of sp³-hybridized carbons (Fsp3) is 0. The number of carbonyl (C=O) groups excluding carboxylic acids is 2. The Morgan fingerprint density at radius 3 is 2.50 bits per heavy atom. The van der Waals surface area contributed by atoms with Gasteiger partial charge in [-0.05, 0) is 36.4 Å². The van der Waals surface area contributed by atoms with Gasteiger partial charge in [0, 0.05) is 9.37 Å². The summed E-state index contributed by atoms with van der Waals surface area (Å²) >= 11 is 4.56. The molecule has 0 bridgehead atoms. The van der Waals surface area contributed by atoms with Crippen molar-refractivity contribution in [2.75, 3.05) is 5.32 Å². The van der Waals surface area contributed by atoms with Crippen LogP contribution in [0.2, 0.25) is 0 Å². The molecule has 1 aliphatic rings. The summed E-state index contributed by atoms with van der Waals surface area (Å²) in [4.78, 5) is 23.9. The number of benzene rings is 2. The van der Waals surface area contributed by atoms with E-state index in [9.17, 15) is 14.0 Å². The maximum Gasteiger partial charge on any atom is 0.296 e. The number of halogens is 2. The number of hydrogen-bond acceptors (Lipinski definition) is 3. The van der Waals surface area contributed by atoms with E-state index in [2.05, 4.69) is 21.2 Å². The third-order valence-corrected chi connectivity index (χ3v) is 4.38. The lowest BCUT2D eigenvalue weighted by molar-refractivity contribution is -0.112. The van der Waals surface area contributed by atoms with E-state index in [1.165, 1.54) is 17.8 Å². The Bertz CT molecular complexity index is 731. The van der Waals surface area contributed by atoms with Crippen molar-refractivity contribution in [2.24, 2.45) is 0 Å². The lowest BCUT2D eigenvalue weighted by Gasteiger charge is -2.06. The van der Waals surface area contributed by atoms with Crippen LogP contribution in [0.3, 0.4) is 0 Å². The van der Waals surface area contributed by atoms with Crippen molar-refractivity contribution in [3.63, 3.8) is 0 Å². The zero-order valence-corrected chi connectivity index (χ0v) is 12.3. The monoisotopic (exact) mass is 351 g/mol. The number of anilines is 1. The van der Waals surface area contributed by atoms with Crippen LogP contribution in [0.4, 0.5) is 10.1 Å². The fourth-order valence-corrected chi connectivity index (χ4v) is 2.98. The number of rotatable bonds is 2. The molecule has 0 aliphatic carbocycles. The number of carbonyl (C=O) groups is 2. The summed E-state index contributed by atoms with van der Waals surface area (Å²) in [5.74, 6) is -1.93. The molecule has 1 amide bonds. The third kappa shape index (κ3) is 2.36. The molecule has 0 saturated heterocycles. The minimum absolute atomic E-state index is 0.0904. The SMILES string of the molecule is O=C1Nc2cc(Sc3ccc(Br)cc3)c(F)cc2C1=O. The molecule has 1 N–H and O–H groups in total. The van der Waals surface area contributed by atoms with Crippen molar-refractivity contribution < 1.29 is 14.0 Å². The van der Waals surface area contributed by atoms with Gasteiger partial charge in [0.2, 0.25) is 0 Å². The average molecular weight is 352 g/mol. The zero-order chi connectivity index (χ0) is 14.3. The first-order chi connectivity index (χ1) is 9.54. The van der Waals surface area contributed by atoms with E-state index < -0.39 is 17.5 Å². The smallest absolute Gasteiger partial charge is 0.296 e. The second-order valence-electron chi connectivity index (χ2n) is 4.17. The molecular weight excluding hydrogens is 345 g/mol. The van der Waals surface area contributed by atoms with Gasteiger partial charge in [0.1, 0.15) is 5.82 Å². The Morgan fingerprint density at radius 2 is 1.80 bits per heavy atom. The standard InChI is InChI=1S/C14H7BrFNO2S/c15-7-1-3-8(4-2-7)20-12-6-11-9(5-10(12)16)13(18)14(19)17-11/h1-6H,(H,17,18,19). The highest BCUT2D eigenvalue weighted by atomic mass is 79.9. The molecule has 1 aliphatic heterocycles. The summed E-state index contributed by atoms with van der Waals surface area (Å²) in [5.41, 5.74) is 0.452. The van der Waals surface area contributed by atoms with Crippen molar-refractivity contribution in [3.05, 3.63) is 52.3 Å². The molecule has 0 spiro atoms. The van der Waals surface area contributed by atoms with Crippen LogP contribution in [-0.4, -0.2) is 11.7 Å². The summed E-state index contributed by atoms with van der Waals surface area (Å²) in [6, 6.07) is 10.0. The Morgan fingerprint density at radius 1 is 1.10 bits per heavy atom. The summed E-state index contributed by atoms with van der Waals surface area (Å²) in [6.45, 7) is 0. The van der Waals surface area contributed by atoms with Crippen LogP contribution in [0.1, 0.15) is 10.4 Å². The molecule has 0 radical (unpaired) electrons. The maximum absolute atomic E-state index is 14.0. The molecule has 6 heteroatoms. The number of ketones is 1. The van der Waals surface area contributed by atoms with Gasteiger partial charge < -0.3 is 5.32 Å². The van der Waals surface area contributed by atoms with Crippen molar-refractivity contribution in [2.45, 2.75) is 9.79 Å². The molecule has 0 atom stereocenters. The van der Waals surface area contributed by atoms with E-state index in [0.29, 0.717) is 10.6 Å². The van der Waals surface area contributed by atoms with E-state index in [1.54, 1.807) is 0 Å². The lowest BCUT2D eigenvalue weighted by atomic mass is 10.1. The molecule has 3 nitrogen and oxygen atoms in total. The van der Waals surface area contributed by atoms with Crippen LogP contribution in [0.25, 0.3) is 0 Å². The normalized spacial score (nSPS) is 13.3. The quantitative estimate of drug-likeness (QED) is 0.835. The van der Waals surface area contributed by atoms with Gasteiger partial charge in [0.25, 0.3) is 11.7 Å². The van der Waals surface area contributed by atoms with Crippen LogP contribution in [0.15, 0.2) is 50.7 Å². The summed E-state index contributed by atoms with van der Waals surface area (Å²) in [6.07, 6.45) is 0. The zero-order valence-electron chi connectivity index (χ0n) is 9.94. The molecular formula is C14H7BrFNO2S. The minimum Gasteiger partial charge on any atom is -0.318 e. The molecule has 2 aromatic carbocycles. The Labute approximate surface area is 126 Å². The number of hydrogen-bond donors (Lipinski definition) is 1. The maximum atomic E-state index is 14.0. The van der Waals surface area contributed by atoms with Crippen molar-refractivity contribution in [3.8, 4) is 0 Å². The molecule has 20 heavy (non-hydrogen) atoms. The molecule has 100 valence electrons. The molecule has 2 aromatic rings. The van der Waals surface area contributed by atoms with Gasteiger partial charge in [-0.3, -0.25) is 9.59 Å². The summed E-state index contributed by atoms with van der Waals surface area (Å²) in [5, 5.41) is 2.43. The first-order valence-electron chi connectivity index (χ1n) is 5.67. The highest BCUT2D eigenvalue weighted by Gasteiger charge is 2.29. The van der Waals surface area contributed by atoms with Gasteiger partial charge in [0.05, 0.1) is 16.1 Å². The van der Waals surface area contributed by atoms with Gasteiger partial charge in [-0.1, -0.05) is 27.7 Å². The van der Waals surface area contributed by atoms with Crippen LogP contribution in [0, 0.1) is 5.82 Å². The topological polar surface area (TPSA) is 46.2 Å². The average Bonchev–Trinajstić information content (AvgIpc) is 2.69. The lowest BCUT2D eigenvalue weighted by Crippen LogP contribution is -2.12. The van der Waals surface area contributed by atoms with E-state index in [4.69, 9.17) is 0 Å². The Hall–Kier alpha value is -1.66. The molecule has 3 rings (SSSR count). The molecule has 0 aromatic heterocycles. The van der Waals surface area contributed by atoms with Gasteiger partial charge in [-0.2, -0.15) is 0 Å². The Kier molecular flexibility index (Phi) is 3.35. The number of Topliss-reactive ketones (excluding diaryl/α,β-unsaturated/α-hetero) is 1. The second kappa shape index (κ2) is 5.03. The first-order valence-corrected chi connectivity index (χ1v) is 7.28. The summed E-state index contributed by atoms with van der Waals surface area (Å²) in [7, 11) is 0. The van der Waals surface area contributed by atoms with Crippen LogP contribution in [0.5, 0.6) is 0 Å². The van der Waals surface area contributed by atoms with E-state index >= 15 is 0 Å². The minimum atomic E-state index is -0.717. The van der Waals surface area contributed by atoms with Crippen molar-refractivity contribution in [1.82, 2.24) is 0 Å². The number of nitrogens with one attached hydrogen (secondary N) is 1. The Balaban J connectivity index is 1.96. The molecule has 0 unspecified atom stereocenters. The van der Waals surface area contributed by atoms with Crippen LogP contribution < -0.4 is 5.32 Å². The largest absolute Gasteiger partial charge is 0.318 e. The predicted molar refractivity (Wildman–Crippen MR) is 77.6 cm³/mol. The second-order valence-corrected chi connectivity index (χ2v) is 6.20. The molecule has 1 heterocycles. The first kappa shape index (κ1) is 13.3. The fourth-order valence-electron chi connectivity index (χ4n) is 1.85. The van der Waals surface area contributed by atoms with Crippen LogP contribution >= 0.6 is 27.7 Å². The number of amides is 1. The molecule has 0 fully saturated rings. The van der Waals surface area contributed by atoms with Crippen LogP contribution in [-0.2, 0) is 4.79 Å². The predicted octanol–water partition coefficient (Wildman–Crippen LogP) is 3.87. The van der Waals surface area contributed by atoms with Gasteiger partial charge in [-0.15, -0.1) is 0 Å². The number of fused-ring (bicyclic) bond motifs is 1. The van der Waals surface area contributed by atoms with Gasteiger partial charge >= 0.3 is 0 Å². The van der Waals surface area contributed by atoms with Crippen molar-refractivity contribution in [1.29, 1.82) is 0 Å². The van der Waals surface area contributed by atoms with Gasteiger partial charge in [-0.25, -0.2) is 4.39 Å².